The predicted molar refractivity (Wildman–Crippen MR) is 139 cm³/mol. The molecule has 0 aliphatic heterocycles. The van der Waals surface area contributed by atoms with Crippen molar-refractivity contribution >= 4 is 21.6 Å². The number of anilines is 1. The zero-order valence-corrected chi connectivity index (χ0v) is 21.4. The van der Waals surface area contributed by atoms with Crippen molar-refractivity contribution in [3.8, 4) is 0 Å². The van der Waals surface area contributed by atoms with E-state index in [0.717, 1.165) is 17.5 Å². The highest BCUT2D eigenvalue weighted by atomic mass is 32.2. The summed E-state index contributed by atoms with van der Waals surface area (Å²) in [5.41, 5.74) is 3.35. The smallest absolute Gasteiger partial charge is 0.264 e. The summed E-state index contributed by atoms with van der Waals surface area (Å²) >= 11 is 0. The molecule has 5 nitrogen and oxygen atoms in total. The zero-order valence-electron chi connectivity index (χ0n) is 20.6. The number of amides is 1. The van der Waals surface area contributed by atoms with E-state index in [1.807, 2.05) is 51.1 Å². The van der Waals surface area contributed by atoms with E-state index in [-0.39, 0.29) is 28.8 Å². The van der Waals surface area contributed by atoms with Crippen molar-refractivity contribution in [3.05, 3.63) is 95.6 Å². The summed E-state index contributed by atoms with van der Waals surface area (Å²) in [6.45, 7) is 9.76. The molecule has 0 saturated carbocycles. The third kappa shape index (κ3) is 5.86. The number of carbonyl (C=O) groups is 1. The van der Waals surface area contributed by atoms with Crippen LogP contribution in [0.4, 0.5) is 5.69 Å². The third-order valence-electron chi connectivity index (χ3n) is 6.24. The van der Waals surface area contributed by atoms with E-state index in [1.54, 1.807) is 36.4 Å². The molecule has 1 atom stereocenters. The lowest BCUT2D eigenvalue weighted by Crippen LogP contribution is -2.45. The lowest BCUT2D eigenvalue weighted by Gasteiger charge is -2.30. The van der Waals surface area contributed by atoms with Crippen LogP contribution in [-0.4, -0.2) is 26.9 Å². The number of nitrogens with one attached hydrogen (secondary N) is 1. The first kappa shape index (κ1) is 25.5. The van der Waals surface area contributed by atoms with Crippen molar-refractivity contribution in [2.24, 2.45) is 0 Å². The summed E-state index contributed by atoms with van der Waals surface area (Å²) in [6.07, 6.45) is 0.720. The van der Waals surface area contributed by atoms with Crippen LogP contribution in [0, 0.1) is 13.8 Å². The van der Waals surface area contributed by atoms with Crippen molar-refractivity contribution in [1.82, 2.24) is 5.32 Å². The Hall–Kier alpha value is -3.12. The first-order valence-electron chi connectivity index (χ1n) is 11.5. The Kier molecular flexibility index (Phi) is 7.82. The van der Waals surface area contributed by atoms with Crippen LogP contribution in [0.5, 0.6) is 0 Å². The molecule has 0 radical (unpaired) electrons. The highest BCUT2D eigenvalue weighted by Crippen LogP contribution is 2.30. The van der Waals surface area contributed by atoms with Crippen LogP contribution in [0.3, 0.4) is 0 Å². The summed E-state index contributed by atoms with van der Waals surface area (Å²) in [5, 5.41) is 3.02. The van der Waals surface area contributed by atoms with Gasteiger partial charge in [-0.1, -0.05) is 74.5 Å². The van der Waals surface area contributed by atoms with Gasteiger partial charge in [0.1, 0.15) is 6.54 Å². The Labute approximate surface area is 203 Å². The van der Waals surface area contributed by atoms with Gasteiger partial charge in [-0.2, -0.15) is 0 Å². The average molecular weight is 479 g/mol. The number of nitrogens with zero attached hydrogens (tertiary/aromatic N) is 1. The van der Waals surface area contributed by atoms with Crippen molar-refractivity contribution in [2.45, 2.75) is 57.4 Å². The summed E-state index contributed by atoms with van der Waals surface area (Å²) in [4.78, 5) is 13.3. The van der Waals surface area contributed by atoms with E-state index in [0.29, 0.717) is 5.69 Å². The summed E-state index contributed by atoms with van der Waals surface area (Å²) in [5.74, 6) is -0.336. The molecule has 0 bridgehead atoms. The van der Waals surface area contributed by atoms with Gasteiger partial charge >= 0.3 is 0 Å². The minimum atomic E-state index is -3.93. The highest BCUT2D eigenvalue weighted by molar-refractivity contribution is 7.92. The lowest BCUT2D eigenvalue weighted by atomic mass is 9.79. The van der Waals surface area contributed by atoms with Gasteiger partial charge in [-0.05, 0) is 67.5 Å². The molecule has 0 fully saturated rings. The van der Waals surface area contributed by atoms with Gasteiger partial charge in [-0.25, -0.2) is 8.42 Å². The standard InChI is InChI=1S/C28H34N2O3S/c1-21-13-12-18-26(23(21)3)30(34(32,33)25-16-10-7-11-17-25)20-27(31)29-22(2)19-28(4,5)24-14-8-6-9-15-24/h6-18,22H,19-20H2,1-5H3,(H,29,31). The van der Waals surface area contributed by atoms with Gasteiger partial charge in [0.2, 0.25) is 5.91 Å². The van der Waals surface area contributed by atoms with Gasteiger partial charge in [0.05, 0.1) is 10.6 Å². The van der Waals surface area contributed by atoms with Crippen molar-refractivity contribution in [1.29, 1.82) is 0 Å². The maximum atomic E-state index is 13.6. The van der Waals surface area contributed by atoms with Gasteiger partial charge in [0.25, 0.3) is 10.0 Å². The van der Waals surface area contributed by atoms with Crippen LogP contribution in [0.25, 0.3) is 0 Å². The maximum Gasteiger partial charge on any atom is 0.264 e. The molecule has 1 unspecified atom stereocenters. The number of carbonyl (C=O) groups excluding carboxylic acids is 1. The van der Waals surface area contributed by atoms with Gasteiger partial charge in [-0.15, -0.1) is 0 Å². The number of rotatable bonds is 9. The summed E-state index contributed by atoms with van der Waals surface area (Å²) < 4.78 is 28.4. The van der Waals surface area contributed by atoms with Crippen molar-refractivity contribution < 1.29 is 13.2 Å². The number of sulfonamides is 1. The average Bonchev–Trinajstić information content (AvgIpc) is 2.80. The maximum absolute atomic E-state index is 13.6. The molecule has 180 valence electrons. The fourth-order valence-electron chi connectivity index (χ4n) is 4.30. The molecule has 3 aromatic rings. The molecule has 0 aliphatic rings. The van der Waals surface area contributed by atoms with Gasteiger partial charge < -0.3 is 5.32 Å². The Morgan fingerprint density at radius 2 is 1.50 bits per heavy atom. The van der Waals surface area contributed by atoms with Gasteiger partial charge in [-0.3, -0.25) is 9.10 Å². The van der Waals surface area contributed by atoms with Crippen molar-refractivity contribution in [2.75, 3.05) is 10.8 Å². The van der Waals surface area contributed by atoms with Crippen LogP contribution in [0.1, 0.15) is 43.9 Å². The second kappa shape index (κ2) is 10.4. The Balaban J connectivity index is 1.84. The molecule has 3 aromatic carbocycles. The minimum absolute atomic E-state index is 0.136. The molecule has 6 heteroatoms. The number of aryl methyl sites for hydroxylation is 1. The minimum Gasteiger partial charge on any atom is -0.352 e. The Bertz CT molecular complexity index is 1220. The number of benzene rings is 3. The molecular formula is C28H34N2O3S. The SMILES string of the molecule is Cc1cccc(N(CC(=O)NC(C)CC(C)(C)c2ccccc2)S(=O)(=O)c2ccccc2)c1C. The normalized spacial score (nSPS) is 12.7. The molecule has 1 N–H and O–H groups in total. The first-order valence-corrected chi connectivity index (χ1v) is 13.0. The molecule has 0 aromatic heterocycles. The van der Waals surface area contributed by atoms with Gasteiger partial charge in [0, 0.05) is 6.04 Å². The fraction of sp³-hybridized carbons (Fsp3) is 0.321. The molecule has 0 spiro atoms. The lowest BCUT2D eigenvalue weighted by molar-refractivity contribution is -0.120. The quantitative estimate of drug-likeness (QED) is 0.450. The number of hydrogen-bond donors (Lipinski definition) is 1. The molecule has 0 saturated heterocycles. The summed E-state index contributed by atoms with van der Waals surface area (Å²) in [7, 11) is -3.93. The molecule has 0 aliphatic carbocycles. The monoisotopic (exact) mass is 478 g/mol. The second-order valence-electron chi connectivity index (χ2n) is 9.47. The van der Waals surface area contributed by atoms with E-state index >= 15 is 0 Å². The largest absolute Gasteiger partial charge is 0.352 e. The highest BCUT2D eigenvalue weighted by Gasteiger charge is 2.30. The Morgan fingerprint density at radius 3 is 2.12 bits per heavy atom. The first-order chi connectivity index (χ1) is 16.0. The fourth-order valence-corrected chi connectivity index (χ4v) is 5.80. The van der Waals surface area contributed by atoms with Gasteiger partial charge in [0.15, 0.2) is 0 Å². The van der Waals surface area contributed by atoms with Crippen LogP contribution < -0.4 is 9.62 Å². The van der Waals surface area contributed by atoms with E-state index in [2.05, 4.69) is 31.3 Å². The van der Waals surface area contributed by atoms with Crippen LogP contribution in [0.2, 0.25) is 0 Å². The topological polar surface area (TPSA) is 66.5 Å². The van der Waals surface area contributed by atoms with E-state index < -0.39 is 10.0 Å². The predicted octanol–water partition coefficient (Wildman–Crippen LogP) is 5.37. The van der Waals surface area contributed by atoms with Crippen molar-refractivity contribution in [3.63, 3.8) is 0 Å². The number of hydrogen-bond acceptors (Lipinski definition) is 3. The Morgan fingerprint density at radius 1 is 0.912 bits per heavy atom. The second-order valence-corrected chi connectivity index (χ2v) is 11.3. The molecule has 34 heavy (non-hydrogen) atoms. The van der Waals surface area contributed by atoms with Crippen LogP contribution in [0.15, 0.2) is 83.8 Å². The summed E-state index contributed by atoms with van der Waals surface area (Å²) in [6, 6.07) is 23.8. The molecular weight excluding hydrogens is 444 g/mol. The van der Waals surface area contributed by atoms with E-state index in [4.69, 9.17) is 0 Å². The molecule has 0 heterocycles. The molecule has 3 rings (SSSR count). The van der Waals surface area contributed by atoms with Crippen LogP contribution >= 0.6 is 0 Å². The van der Waals surface area contributed by atoms with E-state index in [1.165, 1.54) is 9.87 Å². The third-order valence-corrected chi connectivity index (χ3v) is 8.02. The zero-order chi connectivity index (χ0) is 24.9. The van der Waals surface area contributed by atoms with Crippen LogP contribution in [-0.2, 0) is 20.2 Å². The molecule has 1 amide bonds. The van der Waals surface area contributed by atoms with E-state index in [9.17, 15) is 13.2 Å².